The van der Waals surface area contributed by atoms with Gasteiger partial charge < -0.3 is 10.0 Å². The highest BCUT2D eigenvalue weighted by atomic mass is 35.5. The first-order valence-electron chi connectivity index (χ1n) is 9.00. The van der Waals surface area contributed by atoms with Gasteiger partial charge in [-0.25, -0.2) is 0 Å². The Bertz CT molecular complexity index is 647. The number of likely N-dealkylation sites (N-methyl/N-ethyl adjacent to an activating group) is 1. The van der Waals surface area contributed by atoms with Gasteiger partial charge in [-0.2, -0.15) is 0 Å². The fourth-order valence-electron chi connectivity index (χ4n) is 4.07. The summed E-state index contributed by atoms with van der Waals surface area (Å²) < 4.78 is 0. The first-order chi connectivity index (χ1) is 12.0. The summed E-state index contributed by atoms with van der Waals surface area (Å²) in [5.74, 6) is -0.628. The molecule has 1 aromatic rings. The average Bonchev–Trinajstić information content (AvgIpc) is 2.90. The van der Waals surface area contributed by atoms with Gasteiger partial charge in [0, 0.05) is 30.9 Å². The lowest BCUT2D eigenvalue weighted by Gasteiger charge is -2.36. The van der Waals surface area contributed by atoms with Crippen molar-refractivity contribution in [2.24, 2.45) is 0 Å². The molecule has 7 heteroatoms. The maximum Gasteiger partial charge on any atom is 0.317 e. The predicted octanol–water partition coefficient (Wildman–Crippen LogP) is 1.87. The fraction of sp³-hybridized carbons (Fsp3) is 0.579. The summed E-state index contributed by atoms with van der Waals surface area (Å²) in [6.45, 7) is 4.29. The molecule has 0 radical (unpaired) electrons. The number of aliphatic carboxylic acids is 1. The summed E-state index contributed by atoms with van der Waals surface area (Å²) in [6.07, 6.45) is 2.73. The van der Waals surface area contributed by atoms with Crippen LogP contribution in [0.5, 0.6) is 0 Å². The maximum absolute atomic E-state index is 12.8. The van der Waals surface area contributed by atoms with Crippen LogP contribution in [-0.4, -0.2) is 72.1 Å². The minimum absolute atomic E-state index is 0. The molecular formula is C19H28ClN3O3. The van der Waals surface area contributed by atoms with Gasteiger partial charge in [-0.15, -0.1) is 12.4 Å². The maximum atomic E-state index is 12.8. The third-order valence-electron chi connectivity index (χ3n) is 5.40. The molecule has 1 N–H and O–H groups in total. The van der Waals surface area contributed by atoms with Crippen molar-refractivity contribution in [2.75, 3.05) is 38.1 Å². The van der Waals surface area contributed by atoms with Crippen LogP contribution < -0.4 is 4.90 Å². The number of hydrogen-bond donors (Lipinski definition) is 1. The molecule has 1 amide bonds. The number of fused-ring (bicyclic) bond motifs is 1. The molecule has 1 unspecified atom stereocenters. The molecule has 0 aromatic heterocycles. The van der Waals surface area contributed by atoms with E-state index in [2.05, 4.69) is 17.9 Å². The molecule has 1 atom stereocenters. The van der Waals surface area contributed by atoms with Crippen LogP contribution in [0, 0.1) is 0 Å². The molecule has 0 spiro atoms. The molecule has 1 aromatic carbocycles. The number of carbonyl (C=O) groups excluding carboxylic acids is 1. The van der Waals surface area contributed by atoms with Crippen molar-refractivity contribution in [2.45, 2.75) is 38.3 Å². The molecule has 0 bridgehead atoms. The SMILES string of the molecule is CC1Cc2ccccc2N1C(=O)CN1CCC(N(C)CC(=O)O)CC1.Cl. The minimum atomic E-state index is -0.790. The van der Waals surface area contributed by atoms with E-state index in [0.717, 1.165) is 38.0 Å². The highest BCUT2D eigenvalue weighted by Gasteiger charge is 2.32. The lowest BCUT2D eigenvalue weighted by molar-refractivity contribution is -0.138. The van der Waals surface area contributed by atoms with Crippen molar-refractivity contribution in [3.05, 3.63) is 29.8 Å². The van der Waals surface area contributed by atoms with Crippen LogP contribution in [0.1, 0.15) is 25.3 Å². The summed E-state index contributed by atoms with van der Waals surface area (Å²) in [5.41, 5.74) is 2.30. The van der Waals surface area contributed by atoms with E-state index in [4.69, 9.17) is 5.11 Å². The number of hydrogen-bond acceptors (Lipinski definition) is 4. The zero-order chi connectivity index (χ0) is 18.0. The topological polar surface area (TPSA) is 64.1 Å². The molecule has 0 saturated carbocycles. The molecule has 1 saturated heterocycles. The van der Waals surface area contributed by atoms with Gasteiger partial charge in [-0.1, -0.05) is 18.2 Å². The highest BCUT2D eigenvalue weighted by molar-refractivity contribution is 5.97. The number of anilines is 1. The number of rotatable bonds is 5. The van der Waals surface area contributed by atoms with E-state index < -0.39 is 5.97 Å². The van der Waals surface area contributed by atoms with E-state index in [0.29, 0.717) is 6.54 Å². The highest BCUT2D eigenvalue weighted by Crippen LogP contribution is 2.32. The van der Waals surface area contributed by atoms with Gasteiger partial charge in [-0.3, -0.25) is 19.4 Å². The summed E-state index contributed by atoms with van der Waals surface area (Å²) in [7, 11) is 1.86. The van der Waals surface area contributed by atoms with Gasteiger partial charge >= 0.3 is 5.97 Å². The molecule has 144 valence electrons. The van der Waals surface area contributed by atoms with E-state index in [-0.39, 0.29) is 36.9 Å². The molecule has 2 heterocycles. The van der Waals surface area contributed by atoms with Crippen molar-refractivity contribution >= 4 is 30.0 Å². The lowest BCUT2D eigenvalue weighted by Crippen LogP contribution is -2.49. The van der Waals surface area contributed by atoms with Gasteiger partial charge in [-0.05, 0) is 44.9 Å². The Kier molecular flexibility index (Phi) is 7.03. The standard InChI is InChI=1S/C19H27N3O3.ClH/c1-14-11-15-5-3-4-6-17(15)22(14)18(23)12-21-9-7-16(8-10-21)20(2)13-19(24)25;/h3-6,14,16H,7-13H2,1-2H3,(H,24,25);1H. The fourth-order valence-corrected chi connectivity index (χ4v) is 4.07. The normalized spacial score (nSPS) is 20.7. The summed E-state index contributed by atoms with van der Waals surface area (Å²) in [4.78, 5) is 29.7. The summed E-state index contributed by atoms with van der Waals surface area (Å²) in [5, 5.41) is 8.91. The Morgan fingerprint density at radius 3 is 2.54 bits per heavy atom. The molecule has 6 nitrogen and oxygen atoms in total. The Morgan fingerprint density at radius 1 is 1.23 bits per heavy atom. The first-order valence-corrected chi connectivity index (χ1v) is 9.00. The van der Waals surface area contributed by atoms with Crippen LogP contribution in [-0.2, 0) is 16.0 Å². The second-order valence-electron chi connectivity index (χ2n) is 7.26. The summed E-state index contributed by atoms with van der Waals surface area (Å²) >= 11 is 0. The number of benzene rings is 1. The van der Waals surface area contributed by atoms with Gasteiger partial charge in [0.25, 0.3) is 0 Å². The monoisotopic (exact) mass is 381 g/mol. The number of para-hydroxylation sites is 1. The first kappa shape index (κ1) is 20.7. The Morgan fingerprint density at radius 2 is 1.88 bits per heavy atom. The second-order valence-corrected chi connectivity index (χ2v) is 7.26. The Labute approximate surface area is 161 Å². The number of halogens is 1. The smallest absolute Gasteiger partial charge is 0.317 e. The number of carboxylic acid groups (broad SMARTS) is 1. The van der Waals surface area contributed by atoms with Gasteiger partial charge in [0.2, 0.25) is 5.91 Å². The third kappa shape index (κ3) is 4.55. The quantitative estimate of drug-likeness (QED) is 0.843. The van der Waals surface area contributed by atoms with Gasteiger partial charge in [0.05, 0.1) is 13.1 Å². The second kappa shape index (κ2) is 8.84. The molecule has 2 aliphatic heterocycles. The van der Waals surface area contributed by atoms with Gasteiger partial charge in [0.1, 0.15) is 0 Å². The number of piperidine rings is 1. The van der Waals surface area contributed by atoms with Crippen LogP contribution in [0.3, 0.4) is 0 Å². The van der Waals surface area contributed by atoms with Crippen LogP contribution in [0.4, 0.5) is 5.69 Å². The van der Waals surface area contributed by atoms with Crippen molar-refractivity contribution in [1.29, 1.82) is 0 Å². The average molecular weight is 382 g/mol. The largest absolute Gasteiger partial charge is 0.480 e. The number of carboxylic acids is 1. The molecular weight excluding hydrogens is 354 g/mol. The third-order valence-corrected chi connectivity index (χ3v) is 5.40. The van der Waals surface area contributed by atoms with Gasteiger partial charge in [0.15, 0.2) is 0 Å². The number of carbonyl (C=O) groups is 2. The van der Waals surface area contributed by atoms with E-state index >= 15 is 0 Å². The van der Waals surface area contributed by atoms with Crippen LogP contribution in [0.25, 0.3) is 0 Å². The minimum Gasteiger partial charge on any atom is -0.480 e. The lowest BCUT2D eigenvalue weighted by atomic mass is 10.0. The number of likely N-dealkylation sites (tertiary alicyclic amines) is 1. The van der Waals surface area contributed by atoms with Crippen molar-refractivity contribution in [3.63, 3.8) is 0 Å². The van der Waals surface area contributed by atoms with E-state index in [1.165, 1.54) is 5.56 Å². The van der Waals surface area contributed by atoms with E-state index in [1.807, 2.05) is 35.0 Å². The van der Waals surface area contributed by atoms with Crippen molar-refractivity contribution in [1.82, 2.24) is 9.80 Å². The molecule has 0 aliphatic carbocycles. The van der Waals surface area contributed by atoms with Crippen LogP contribution in [0.2, 0.25) is 0 Å². The molecule has 2 aliphatic rings. The van der Waals surface area contributed by atoms with Crippen molar-refractivity contribution < 1.29 is 14.7 Å². The van der Waals surface area contributed by atoms with Crippen LogP contribution >= 0.6 is 12.4 Å². The van der Waals surface area contributed by atoms with E-state index in [1.54, 1.807) is 0 Å². The number of amides is 1. The predicted molar refractivity (Wildman–Crippen MR) is 104 cm³/mol. The molecule has 3 rings (SSSR count). The number of nitrogens with zero attached hydrogens (tertiary/aromatic N) is 3. The zero-order valence-electron chi connectivity index (χ0n) is 15.4. The van der Waals surface area contributed by atoms with E-state index in [9.17, 15) is 9.59 Å². The molecule has 1 fully saturated rings. The zero-order valence-corrected chi connectivity index (χ0v) is 16.2. The molecule has 26 heavy (non-hydrogen) atoms. The Balaban J connectivity index is 0.00000243. The Hall–Kier alpha value is -1.63. The summed E-state index contributed by atoms with van der Waals surface area (Å²) in [6, 6.07) is 8.64. The van der Waals surface area contributed by atoms with Crippen molar-refractivity contribution in [3.8, 4) is 0 Å². The van der Waals surface area contributed by atoms with Crippen LogP contribution in [0.15, 0.2) is 24.3 Å².